The van der Waals surface area contributed by atoms with Gasteiger partial charge in [-0.05, 0) is 92.5 Å². The Morgan fingerprint density at radius 3 is 2.21 bits per heavy atom. The van der Waals surface area contributed by atoms with E-state index in [0.29, 0.717) is 5.11 Å². The minimum absolute atomic E-state index is 0.0215. The zero-order chi connectivity index (χ0) is 19.9. The quantitative estimate of drug-likeness (QED) is 0.551. The van der Waals surface area contributed by atoms with Gasteiger partial charge in [-0.3, -0.25) is 0 Å². The summed E-state index contributed by atoms with van der Waals surface area (Å²) in [6, 6.07) is 5.77. The van der Waals surface area contributed by atoms with Crippen LogP contribution in [0.25, 0.3) is 0 Å². The third-order valence-electron chi connectivity index (χ3n) is 7.19. The van der Waals surface area contributed by atoms with E-state index in [2.05, 4.69) is 17.6 Å². The van der Waals surface area contributed by atoms with Crippen molar-refractivity contribution in [2.24, 2.45) is 23.2 Å². The second-order valence-corrected chi connectivity index (χ2v) is 9.67. The average Bonchev–Trinajstić information content (AvgIpc) is 2.59. The van der Waals surface area contributed by atoms with E-state index in [1.54, 1.807) is 6.07 Å². The van der Waals surface area contributed by atoms with Crippen LogP contribution in [0.2, 0.25) is 0 Å². The van der Waals surface area contributed by atoms with Gasteiger partial charge in [0.2, 0.25) is 0 Å². The molecule has 0 aromatic heterocycles. The fraction of sp³-hybridized carbons (Fsp3) is 0.682. The Morgan fingerprint density at radius 1 is 1.11 bits per heavy atom. The molecule has 154 valence electrons. The van der Waals surface area contributed by atoms with Gasteiger partial charge in [0.1, 0.15) is 0 Å². The van der Waals surface area contributed by atoms with Crippen molar-refractivity contribution in [3.05, 3.63) is 29.8 Å². The summed E-state index contributed by atoms with van der Waals surface area (Å²) in [6.07, 6.45) is 5.52. The van der Waals surface area contributed by atoms with Crippen LogP contribution in [0.15, 0.2) is 24.3 Å². The summed E-state index contributed by atoms with van der Waals surface area (Å²) < 4.78 is 39.9. The highest BCUT2D eigenvalue weighted by Gasteiger charge is 2.54. The molecule has 4 saturated carbocycles. The lowest BCUT2D eigenvalue weighted by Crippen LogP contribution is -2.57. The van der Waals surface area contributed by atoms with Gasteiger partial charge >= 0.3 is 6.18 Å². The van der Waals surface area contributed by atoms with Gasteiger partial charge in [-0.25, -0.2) is 0 Å². The SMILES string of the molecule is CCCC(NC(=S)Nc1ccccc1C(F)(F)F)C12CC3CC(CC(C3)C1)C2. The topological polar surface area (TPSA) is 24.1 Å². The number of alkyl halides is 3. The van der Waals surface area contributed by atoms with Crippen LogP contribution in [0, 0.1) is 23.2 Å². The molecule has 2 nitrogen and oxygen atoms in total. The number of hydrogen-bond acceptors (Lipinski definition) is 1. The van der Waals surface area contributed by atoms with E-state index in [-0.39, 0.29) is 17.1 Å². The van der Waals surface area contributed by atoms with Crippen LogP contribution in [0.3, 0.4) is 0 Å². The predicted octanol–water partition coefficient (Wildman–Crippen LogP) is 6.38. The van der Waals surface area contributed by atoms with E-state index >= 15 is 0 Å². The van der Waals surface area contributed by atoms with Crippen molar-refractivity contribution in [3.63, 3.8) is 0 Å². The van der Waals surface area contributed by atoms with Crippen LogP contribution < -0.4 is 10.6 Å². The Morgan fingerprint density at radius 2 is 1.68 bits per heavy atom. The van der Waals surface area contributed by atoms with Crippen molar-refractivity contribution in [3.8, 4) is 0 Å². The molecule has 0 heterocycles. The zero-order valence-electron chi connectivity index (χ0n) is 16.3. The van der Waals surface area contributed by atoms with Crippen molar-refractivity contribution in [1.29, 1.82) is 0 Å². The van der Waals surface area contributed by atoms with Crippen LogP contribution in [0.4, 0.5) is 18.9 Å². The summed E-state index contributed by atoms with van der Waals surface area (Å²) >= 11 is 5.47. The number of halogens is 3. The number of hydrogen-bond donors (Lipinski definition) is 2. The third kappa shape index (κ3) is 3.89. The van der Waals surface area contributed by atoms with Crippen LogP contribution in [-0.2, 0) is 6.18 Å². The number of rotatable bonds is 5. The maximum absolute atomic E-state index is 13.3. The number of para-hydroxylation sites is 1. The van der Waals surface area contributed by atoms with Gasteiger partial charge in [-0.2, -0.15) is 13.2 Å². The molecule has 1 atom stereocenters. The standard InChI is InChI=1S/C22H29F3N2S/c1-2-5-19(21-11-14-8-15(12-21)10-16(9-14)13-21)27-20(28)26-18-7-4-3-6-17(18)22(23,24)25/h3-4,6-7,14-16,19H,2,5,8-13H2,1H3,(H2,26,27,28). The fourth-order valence-corrected chi connectivity index (χ4v) is 6.83. The molecule has 1 unspecified atom stereocenters. The molecule has 0 amide bonds. The number of anilines is 1. The summed E-state index contributed by atoms with van der Waals surface area (Å²) in [6.45, 7) is 2.17. The normalized spacial score (nSPS) is 32.2. The van der Waals surface area contributed by atoms with Gasteiger partial charge in [0.05, 0.1) is 11.3 Å². The highest BCUT2D eigenvalue weighted by atomic mass is 32.1. The van der Waals surface area contributed by atoms with Gasteiger partial charge in [-0.1, -0.05) is 25.5 Å². The van der Waals surface area contributed by atoms with E-state index in [0.717, 1.165) is 36.7 Å². The number of thiocarbonyl (C=S) groups is 1. The second kappa shape index (κ2) is 7.51. The molecular formula is C22H29F3N2S. The lowest BCUT2D eigenvalue weighted by atomic mass is 9.47. The van der Waals surface area contributed by atoms with E-state index < -0.39 is 11.7 Å². The maximum Gasteiger partial charge on any atom is 0.418 e. The summed E-state index contributed by atoms with van der Waals surface area (Å²) in [4.78, 5) is 0. The second-order valence-electron chi connectivity index (χ2n) is 9.26. The zero-order valence-corrected chi connectivity index (χ0v) is 17.1. The summed E-state index contributed by atoms with van der Waals surface area (Å²) in [5.74, 6) is 2.50. The summed E-state index contributed by atoms with van der Waals surface area (Å²) in [5.41, 5.74) is -0.394. The van der Waals surface area contributed by atoms with Crippen LogP contribution >= 0.6 is 12.2 Å². The molecule has 2 N–H and O–H groups in total. The lowest BCUT2D eigenvalue weighted by molar-refractivity contribution is -0.136. The Labute approximate surface area is 170 Å². The summed E-state index contributed by atoms with van der Waals surface area (Å²) in [5, 5.41) is 6.60. The minimum Gasteiger partial charge on any atom is -0.359 e. The molecule has 6 heteroatoms. The van der Waals surface area contributed by atoms with Crippen molar-refractivity contribution in [2.45, 2.75) is 70.5 Å². The first-order chi connectivity index (χ1) is 13.3. The first-order valence-corrected chi connectivity index (χ1v) is 10.9. The first kappa shape index (κ1) is 20.0. The Balaban J connectivity index is 1.50. The van der Waals surface area contributed by atoms with Gasteiger partial charge in [0, 0.05) is 6.04 Å². The van der Waals surface area contributed by atoms with Crippen molar-refractivity contribution in [1.82, 2.24) is 5.32 Å². The average molecular weight is 411 g/mol. The molecule has 4 bridgehead atoms. The molecule has 0 saturated heterocycles. The number of nitrogens with one attached hydrogen (secondary N) is 2. The predicted molar refractivity (Wildman–Crippen MR) is 110 cm³/mol. The Kier molecular flexibility index (Phi) is 5.36. The molecule has 1 aromatic carbocycles. The molecule has 0 aliphatic heterocycles. The van der Waals surface area contributed by atoms with E-state index in [9.17, 15) is 13.2 Å². The minimum atomic E-state index is -4.40. The monoisotopic (exact) mass is 410 g/mol. The Hall–Kier alpha value is -1.30. The smallest absolute Gasteiger partial charge is 0.359 e. The molecule has 28 heavy (non-hydrogen) atoms. The highest BCUT2D eigenvalue weighted by molar-refractivity contribution is 7.80. The van der Waals surface area contributed by atoms with E-state index in [1.807, 2.05) is 0 Å². The van der Waals surface area contributed by atoms with Gasteiger partial charge in [0.25, 0.3) is 0 Å². The van der Waals surface area contributed by atoms with Gasteiger partial charge < -0.3 is 10.6 Å². The van der Waals surface area contributed by atoms with Crippen LogP contribution in [0.5, 0.6) is 0 Å². The van der Waals surface area contributed by atoms with E-state index in [4.69, 9.17) is 12.2 Å². The highest BCUT2D eigenvalue weighted by Crippen LogP contribution is 2.61. The van der Waals surface area contributed by atoms with Gasteiger partial charge in [-0.15, -0.1) is 0 Å². The van der Waals surface area contributed by atoms with Crippen molar-refractivity contribution < 1.29 is 13.2 Å². The van der Waals surface area contributed by atoms with E-state index in [1.165, 1.54) is 50.7 Å². The maximum atomic E-state index is 13.3. The molecule has 1 aromatic rings. The van der Waals surface area contributed by atoms with Crippen LogP contribution in [0.1, 0.15) is 63.9 Å². The molecule has 4 fully saturated rings. The largest absolute Gasteiger partial charge is 0.418 e. The fourth-order valence-electron chi connectivity index (χ4n) is 6.58. The molecule has 5 rings (SSSR count). The molecule has 4 aliphatic rings. The van der Waals surface area contributed by atoms with Crippen LogP contribution in [-0.4, -0.2) is 11.2 Å². The Bertz CT molecular complexity index is 695. The molecule has 0 radical (unpaired) electrons. The first-order valence-electron chi connectivity index (χ1n) is 10.5. The molecule has 0 spiro atoms. The third-order valence-corrected chi connectivity index (χ3v) is 7.41. The summed E-state index contributed by atoms with van der Waals surface area (Å²) in [7, 11) is 0. The molecular weight excluding hydrogens is 381 g/mol. The molecule has 4 aliphatic carbocycles. The number of benzene rings is 1. The van der Waals surface area contributed by atoms with Crippen molar-refractivity contribution in [2.75, 3.05) is 5.32 Å². The lowest BCUT2D eigenvalue weighted by Gasteiger charge is -2.59. The van der Waals surface area contributed by atoms with Crippen molar-refractivity contribution >= 4 is 23.0 Å². The van der Waals surface area contributed by atoms with Gasteiger partial charge in [0.15, 0.2) is 5.11 Å².